The summed E-state index contributed by atoms with van der Waals surface area (Å²) in [4.78, 5) is 23.5. The number of carboxylic acid groups (broad SMARTS) is 1. The van der Waals surface area contributed by atoms with Crippen molar-refractivity contribution < 1.29 is 32.3 Å². The Kier molecular flexibility index (Phi) is 5.15. The second kappa shape index (κ2) is 6.78. The lowest BCUT2D eigenvalue weighted by Gasteiger charge is -2.30. The van der Waals surface area contributed by atoms with Crippen LogP contribution in [0.3, 0.4) is 0 Å². The molecule has 1 aromatic carbocycles. The highest BCUT2D eigenvalue weighted by Crippen LogP contribution is 2.43. The van der Waals surface area contributed by atoms with Crippen molar-refractivity contribution in [2.75, 3.05) is 6.67 Å². The number of alkyl halides is 4. The Morgan fingerprint density at radius 2 is 1.88 bits per heavy atom. The van der Waals surface area contributed by atoms with Gasteiger partial charge in [0.2, 0.25) is 5.91 Å². The van der Waals surface area contributed by atoms with Crippen molar-refractivity contribution in [1.82, 2.24) is 5.32 Å². The summed E-state index contributed by atoms with van der Waals surface area (Å²) >= 11 is 0. The quantitative estimate of drug-likeness (QED) is 0.805. The maximum atomic E-state index is 12.9. The molecule has 8 heteroatoms. The third kappa shape index (κ3) is 3.52. The molecule has 0 aliphatic heterocycles. The van der Waals surface area contributed by atoms with E-state index >= 15 is 0 Å². The summed E-state index contributed by atoms with van der Waals surface area (Å²) in [6.07, 6.45) is -2.72. The van der Waals surface area contributed by atoms with Crippen molar-refractivity contribution in [3.05, 3.63) is 35.4 Å². The summed E-state index contributed by atoms with van der Waals surface area (Å²) in [5.74, 6) is -2.27. The van der Waals surface area contributed by atoms with E-state index in [-0.39, 0.29) is 5.56 Å². The van der Waals surface area contributed by atoms with E-state index in [1.807, 2.05) is 0 Å². The molecule has 1 aliphatic rings. The molecule has 1 saturated carbocycles. The monoisotopic (exact) mass is 347 g/mol. The van der Waals surface area contributed by atoms with Crippen molar-refractivity contribution in [3.8, 4) is 0 Å². The number of nitrogens with one attached hydrogen (secondary N) is 1. The van der Waals surface area contributed by atoms with Crippen LogP contribution >= 0.6 is 0 Å². The van der Waals surface area contributed by atoms with Crippen LogP contribution in [0.1, 0.15) is 36.8 Å². The lowest BCUT2D eigenvalue weighted by atomic mass is 9.77. The van der Waals surface area contributed by atoms with Crippen LogP contribution in [0.5, 0.6) is 0 Å². The zero-order valence-electron chi connectivity index (χ0n) is 12.7. The van der Waals surface area contributed by atoms with Gasteiger partial charge in [0.1, 0.15) is 6.67 Å². The van der Waals surface area contributed by atoms with Gasteiger partial charge in [-0.3, -0.25) is 4.79 Å². The third-order valence-corrected chi connectivity index (χ3v) is 4.39. The number of amides is 1. The van der Waals surface area contributed by atoms with Crippen LogP contribution in [-0.4, -0.2) is 29.7 Å². The van der Waals surface area contributed by atoms with Crippen molar-refractivity contribution >= 4 is 11.9 Å². The first kappa shape index (κ1) is 18.2. The minimum Gasteiger partial charge on any atom is -0.480 e. The molecule has 4 nitrogen and oxygen atoms in total. The first-order valence-electron chi connectivity index (χ1n) is 7.48. The Bertz CT molecular complexity index is 624. The van der Waals surface area contributed by atoms with E-state index in [1.54, 1.807) is 0 Å². The highest BCUT2D eigenvalue weighted by Gasteiger charge is 2.45. The average Bonchev–Trinajstić information content (AvgIpc) is 3.02. The van der Waals surface area contributed by atoms with Crippen LogP contribution in [0.25, 0.3) is 0 Å². The summed E-state index contributed by atoms with van der Waals surface area (Å²) < 4.78 is 51.5. The molecule has 132 valence electrons. The van der Waals surface area contributed by atoms with E-state index in [0.717, 1.165) is 12.1 Å². The first-order valence-corrected chi connectivity index (χ1v) is 7.48. The number of hydrogen-bond acceptors (Lipinski definition) is 2. The molecule has 2 N–H and O–H groups in total. The maximum absolute atomic E-state index is 12.9. The van der Waals surface area contributed by atoms with Gasteiger partial charge in [-0.05, 0) is 24.5 Å². The summed E-state index contributed by atoms with van der Waals surface area (Å²) in [5.41, 5.74) is -1.96. The van der Waals surface area contributed by atoms with Gasteiger partial charge in [-0.1, -0.05) is 31.0 Å². The maximum Gasteiger partial charge on any atom is 0.416 e. The fourth-order valence-electron chi connectivity index (χ4n) is 3.08. The highest BCUT2D eigenvalue weighted by molar-refractivity contribution is 5.92. The van der Waals surface area contributed by atoms with Gasteiger partial charge in [0.05, 0.1) is 11.0 Å². The molecule has 1 unspecified atom stereocenters. The molecule has 2 rings (SSSR count). The minimum atomic E-state index is -4.55. The Balaban J connectivity index is 2.38. The molecule has 1 fully saturated rings. The number of rotatable bonds is 5. The predicted molar refractivity (Wildman–Crippen MR) is 77.1 cm³/mol. The summed E-state index contributed by atoms with van der Waals surface area (Å²) in [6.45, 7) is -1.29. The molecule has 24 heavy (non-hydrogen) atoms. The molecule has 1 atom stereocenters. The zero-order chi connectivity index (χ0) is 18.0. The molecule has 0 radical (unpaired) electrons. The summed E-state index contributed by atoms with van der Waals surface area (Å²) in [7, 11) is 0. The molecule has 0 bridgehead atoms. The van der Waals surface area contributed by atoms with Gasteiger partial charge in [-0.15, -0.1) is 0 Å². The van der Waals surface area contributed by atoms with E-state index in [0.29, 0.717) is 25.7 Å². The van der Waals surface area contributed by atoms with Crippen molar-refractivity contribution in [1.29, 1.82) is 0 Å². The lowest BCUT2D eigenvalue weighted by Crippen LogP contribution is -2.50. The van der Waals surface area contributed by atoms with E-state index in [4.69, 9.17) is 5.11 Å². The van der Waals surface area contributed by atoms with Crippen LogP contribution in [0.2, 0.25) is 0 Å². The largest absolute Gasteiger partial charge is 0.480 e. The Hall–Kier alpha value is -2.12. The first-order chi connectivity index (χ1) is 11.2. The Labute approximate surface area is 135 Å². The van der Waals surface area contributed by atoms with Gasteiger partial charge in [0.15, 0.2) is 6.04 Å². The van der Waals surface area contributed by atoms with Gasteiger partial charge in [0, 0.05) is 0 Å². The van der Waals surface area contributed by atoms with Crippen LogP contribution in [0.4, 0.5) is 17.6 Å². The van der Waals surface area contributed by atoms with Crippen molar-refractivity contribution in [2.24, 2.45) is 0 Å². The molecule has 1 aliphatic carbocycles. The van der Waals surface area contributed by atoms with Crippen molar-refractivity contribution in [2.45, 2.75) is 43.3 Å². The number of hydrogen-bond donors (Lipinski definition) is 2. The number of aliphatic carboxylic acids is 1. The number of halogens is 4. The second-order valence-electron chi connectivity index (χ2n) is 5.89. The molecule has 0 aromatic heterocycles. The molecule has 1 amide bonds. The fraction of sp³-hybridized carbons (Fsp3) is 0.500. The number of carbonyl (C=O) groups excluding carboxylic acids is 1. The predicted octanol–water partition coefficient (Wildman–Crippen LogP) is 3.06. The lowest BCUT2D eigenvalue weighted by molar-refractivity contribution is -0.143. The normalized spacial score (nSPS) is 18.2. The van der Waals surface area contributed by atoms with Gasteiger partial charge in [-0.2, -0.15) is 13.2 Å². The average molecular weight is 347 g/mol. The zero-order valence-corrected chi connectivity index (χ0v) is 12.7. The number of carbonyl (C=O) groups is 2. The SMILES string of the molecule is O=C(O)C(CF)NC(=O)C1(c2cccc(C(F)(F)F)c2)CCCC1. The van der Waals surface area contributed by atoms with Crippen LogP contribution in [0, 0.1) is 0 Å². The molecule has 0 saturated heterocycles. The molecular formula is C16H17F4NO3. The van der Waals surface area contributed by atoms with E-state index in [1.165, 1.54) is 12.1 Å². The number of benzene rings is 1. The van der Waals surface area contributed by atoms with Gasteiger partial charge < -0.3 is 10.4 Å². The number of carboxylic acids is 1. The van der Waals surface area contributed by atoms with Crippen LogP contribution < -0.4 is 5.32 Å². The van der Waals surface area contributed by atoms with Crippen LogP contribution in [-0.2, 0) is 21.2 Å². The third-order valence-electron chi connectivity index (χ3n) is 4.39. The highest BCUT2D eigenvalue weighted by atomic mass is 19.4. The summed E-state index contributed by atoms with van der Waals surface area (Å²) in [6, 6.07) is 2.75. The smallest absolute Gasteiger partial charge is 0.416 e. The van der Waals surface area contributed by atoms with Gasteiger partial charge >= 0.3 is 12.1 Å². The van der Waals surface area contributed by atoms with E-state index in [9.17, 15) is 27.2 Å². The van der Waals surface area contributed by atoms with Gasteiger partial charge in [-0.25, -0.2) is 9.18 Å². The van der Waals surface area contributed by atoms with E-state index in [2.05, 4.69) is 5.32 Å². The van der Waals surface area contributed by atoms with Crippen LogP contribution in [0.15, 0.2) is 24.3 Å². The molecule has 0 heterocycles. The Morgan fingerprint density at radius 1 is 1.25 bits per heavy atom. The molecular weight excluding hydrogens is 330 g/mol. The topological polar surface area (TPSA) is 66.4 Å². The standard InChI is InChI=1S/C16H17F4NO3/c17-9-12(13(22)23)21-14(24)15(6-1-2-7-15)10-4-3-5-11(8-10)16(18,19)20/h3-5,8,12H,1-2,6-7,9H2,(H,21,24)(H,22,23). The van der Waals surface area contributed by atoms with E-state index < -0.39 is 41.7 Å². The summed E-state index contributed by atoms with van der Waals surface area (Å²) in [5, 5.41) is 11.0. The Morgan fingerprint density at radius 3 is 2.38 bits per heavy atom. The second-order valence-corrected chi connectivity index (χ2v) is 5.89. The minimum absolute atomic E-state index is 0.176. The molecule has 1 aromatic rings. The fourth-order valence-corrected chi connectivity index (χ4v) is 3.08. The van der Waals surface area contributed by atoms with Gasteiger partial charge in [0.25, 0.3) is 0 Å². The van der Waals surface area contributed by atoms with Crippen molar-refractivity contribution in [3.63, 3.8) is 0 Å². The molecule has 0 spiro atoms.